The Morgan fingerprint density at radius 2 is 2.00 bits per heavy atom. The normalized spacial score (nSPS) is 28.7. The van der Waals surface area contributed by atoms with E-state index in [1.807, 2.05) is 0 Å². The van der Waals surface area contributed by atoms with Gasteiger partial charge in [-0.15, -0.1) is 0 Å². The molecule has 0 unspecified atom stereocenters. The van der Waals surface area contributed by atoms with E-state index in [1.165, 1.54) is 12.8 Å². The Morgan fingerprint density at radius 1 is 1.36 bits per heavy atom. The maximum absolute atomic E-state index is 9.47. The molecule has 0 amide bonds. The number of nitrogens with zero attached hydrogens (tertiary/aromatic N) is 1. The average molecular weight is 217 g/mol. The van der Waals surface area contributed by atoms with Crippen molar-refractivity contribution in [2.45, 2.75) is 18.9 Å². The number of β-amino-alcohol motifs (C(OH)–C–C–N with tert-alkyl or cyclic N) is 1. The molecule has 2 aliphatic heterocycles. The Morgan fingerprint density at radius 3 is 2.43 bits per heavy atom. The van der Waals surface area contributed by atoms with Gasteiger partial charge >= 0.3 is 0 Å². The minimum Gasteiger partial charge on any atom is -0.391 e. The van der Waals surface area contributed by atoms with E-state index in [0.29, 0.717) is 11.2 Å². The zero-order valence-corrected chi connectivity index (χ0v) is 9.38. The predicted octanol–water partition coefficient (Wildman–Crippen LogP) is 0.389. The highest BCUT2D eigenvalue weighted by atomic mass is 32.1. The zero-order valence-electron chi connectivity index (χ0n) is 8.48. The minimum atomic E-state index is -0.273. The number of aliphatic hydroxyl groups excluding tert-OH is 1. The van der Waals surface area contributed by atoms with E-state index >= 15 is 0 Å². The molecule has 2 rings (SSSR count). The molecule has 1 spiro atoms. The van der Waals surface area contributed by atoms with Crippen LogP contribution in [0.1, 0.15) is 12.8 Å². The van der Waals surface area contributed by atoms with Crippen LogP contribution in [0.15, 0.2) is 0 Å². The number of rotatable bonds is 3. The topological polar surface area (TPSA) is 32.7 Å². The molecule has 0 bridgehead atoms. The fraction of sp³-hybridized carbons (Fsp3) is 1.00. The summed E-state index contributed by atoms with van der Waals surface area (Å²) in [5.74, 6) is 0.560. The van der Waals surface area contributed by atoms with Gasteiger partial charge in [0, 0.05) is 17.7 Å². The van der Waals surface area contributed by atoms with Crippen LogP contribution in [-0.4, -0.2) is 54.7 Å². The van der Waals surface area contributed by atoms with Crippen molar-refractivity contribution in [3.8, 4) is 0 Å². The lowest BCUT2D eigenvalue weighted by molar-refractivity contribution is -0.140. The van der Waals surface area contributed by atoms with Gasteiger partial charge in [0.25, 0.3) is 0 Å². The number of thiol groups is 1. The Kier molecular flexibility index (Phi) is 3.37. The second-order valence-electron chi connectivity index (χ2n) is 4.63. The Hall–Kier alpha value is 0.230. The Bertz CT molecular complexity index is 187. The number of piperidine rings is 1. The quantitative estimate of drug-likeness (QED) is 0.671. The molecule has 2 heterocycles. The highest BCUT2D eigenvalue weighted by Crippen LogP contribution is 2.38. The first kappa shape index (κ1) is 10.7. The van der Waals surface area contributed by atoms with Gasteiger partial charge in [0.15, 0.2) is 0 Å². The van der Waals surface area contributed by atoms with Gasteiger partial charge < -0.3 is 14.7 Å². The summed E-state index contributed by atoms with van der Waals surface area (Å²) in [7, 11) is 0. The summed E-state index contributed by atoms with van der Waals surface area (Å²) in [5.41, 5.74) is 0.502. The lowest BCUT2D eigenvalue weighted by Crippen LogP contribution is -2.52. The fourth-order valence-corrected chi connectivity index (χ4v) is 2.36. The van der Waals surface area contributed by atoms with E-state index in [0.717, 1.165) is 32.8 Å². The molecular formula is C10H19NO2S. The predicted molar refractivity (Wildman–Crippen MR) is 58.8 cm³/mol. The summed E-state index contributed by atoms with van der Waals surface area (Å²) in [4.78, 5) is 2.34. The SMILES string of the molecule is O[C@@H](CS)CN1CCC2(CC1)COC2. The monoisotopic (exact) mass is 217 g/mol. The summed E-state index contributed by atoms with van der Waals surface area (Å²) in [6.45, 7) is 4.90. The van der Waals surface area contributed by atoms with E-state index in [-0.39, 0.29) is 6.10 Å². The molecule has 4 heteroatoms. The second-order valence-corrected chi connectivity index (χ2v) is 4.99. The number of hydrogen-bond donors (Lipinski definition) is 2. The molecule has 2 aliphatic rings. The maximum Gasteiger partial charge on any atom is 0.0754 e. The molecule has 2 fully saturated rings. The van der Waals surface area contributed by atoms with Crippen molar-refractivity contribution in [2.75, 3.05) is 38.6 Å². The summed E-state index contributed by atoms with van der Waals surface area (Å²) in [5, 5.41) is 9.47. The molecule has 1 N–H and O–H groups in total. The van der Waals surface area contributed by atoms with Crippen molar-refractivity contribution >= 4 is 12.6 Å². The lowest BCUT2D eigenvalue weighted by Gasteiger charge is -2.47. The van der Waals surface area contributed by atoms with Crippen LogP contribution in [0.25, 0.3) is 0 Å². The van der Waals surface area contributed by atoms with Crippen molar-refractivity contribution in [1.29, 1.82) is 0 Å². The van der Waals surface area contributed by atoms with Crippen LogP contribution in [0.3, 0.4) is 0 Å². The largest absolute Gasteiger partial charge is 0.391 e. The molecule has 0 aliphatic carbocycles. The average Bonchev–Trinajstić information content (AvgIpc) is 2.16. The van der Waals surface area contributed by atoms with Gasteiger partial charge in [0.1, 0.15) is 0 Å². The van der Waals surface area contributed by atoms with Gasteiger partial charge in [0.05, 0.1) is 19.3 Å². The molecule has 0 aromatic rings. The van der Waals surface area contributed by atoms with Crippen molar-refractivity contribution in [1.82, 2.24) is 4.90 Å². The third kappa shape index (κ3) is 2.24. The zero-order chi connectivity index (χ0) is 10.0. The van der Waals surface area contributed by atoms with Gasteiger partial charge in [0.2, 0.25) is 0 Å². The highest BCUT2D eigenvalue weighted by Gasteiger charge is 2.41. The van der Waals surface area contributed by atoms with Crippen LogP contribution in [0.4, 0.5) is 0 Å². The summed E-state index contributed by atoms with van der Waals surface area (Å²) in [6.07, 6.45) is 2.18. The van der Waals surface area contributed by atoms with Crippen molar-refractivity contribution in [3.05, 3.63) is 0 Å². The summed E-state index contributed by atoms with van der Waals surface area (Å²) in [6, 6.07) is 0. The summed E-state index contributed by atoms with van der Waals surface area (Å²) >= 11 is 4.08. The second kappa shape index (κ2) is 4.39. The van der Waals surface area contributed by atoms with Crippen molar-refractivity contribution in [2.24, 2.45) is 5.41 Å². The molecule has 82 valence electrons. The van der Waals surface area contributed by atoms with Gasteiger partial charge in [-0.25, -0.2) is 0 Å². The van der Waals surface area contributed by atoms with E-state index < -0.39 is 0 Å². The third-order valence-corrected chi connectivity index (χ3v) is 3.83. The first-order chi connectivity index (χ1) is 6.74. The van der Waals surface area contributed by atoms with Crippen LogP contribution in [0.2, 0.25) is 0 Å². The van der Waals surface area contributed by atoms with E-state index in [9.17, 15) is 5.11 Å². The molecule has 3 nitrogen and oxygen atoms in total. The molecular weight excluding hydrogens is 198 g/mol. The minimum absolute atomic E-state index is 0.273. The molecule has 0 saturated carbocycles. The molecule has 2 saturated heterocycles. The Labute approximate surface area is 90.8 Å². The standard InChI is InChI=1S/C10H19NO2S/c12-9(6-14)5-11-3-1-10(2-4-11)7-13-8-10/h9,12,14H,1-8H2/t9-/m1/s1. The smallest absolute Gasteiger partial charge is 0.0754 e. The number of likely N-dealkylation sites (tertiary alicyclic amines) is 1. The van der Waals surface area contributed by atoms with Crippen molar-refractivity contribution in [3.63, 3.8) is 0 Å². The van der Waals surface area contributed by atoms with Gasteiger partial charge in [-0.3, -0.25) is 0 Å². The molecule has 1 atom stereocenters. The number of ether oxygens (including phenoxy) is 1. The first-order valence-corrected chi connectivity index (χ1v) is 5.96. The van der Waals surface area contributed by atoms with Gasteiger partial charge in [-0.05, 0) is 25.9 Å². The van der Waals surface area contributed by atoms with Crippen LogP contribution in [0, 0.1) is 5.41 Å². The molecule has 14 heavy (non-hydrogen) atoms. The van der Waals surface area contributed by atoms with Gasteiger partial charge in [-0.2, -0.15) is 12.6 Å². The van der Waals surface area contributed by atoms with E-state index in [4.69, 9.17) is 4.74 Å². The van der Waals surface area contributed by atoms with Crippen LogP contribution in [-0.2, 0) is 4.74 Å². The third-order valence-electron chi connectivity index (χ3n) is 3.41. The lowest BCUT2D eigenvalue weighted by atomic mass is 9.77. The van der Waals surface area contributed by atoms with Crippen molar-refractivity contribution < 1.29 is 9.84 Å². The van der Waals surface area contributed by atoms with Crippen LogP contribution >= 0.6 is 12.6 Å². The van der Waals surface area contributed by atoms with Crippen LogP contribution < -0.4 is 0 Å². The molecule has 0 radical (unpaired) electrons. The Balaban J connectivity index is 1.73. The maximum atomic E-state index is 9.47. The van der Waals surface area contributed by atoms with Gasteiger partial charge in [-0.1, -0.05) is 0 Å². The molecule has 0 aromatic heterocycles. The fourth-order valence-electron chi connectivity index (χ4n) is 2.25. The molecule has 0 aromatic carbocycles. The highest BCUT2D eigenvalue weighted by molar-refractivity contribution is 7.80. The van der Waals surface area contributed by atoms with E-state index in [1.54, 1.807) is 0 Å². The number of hydrogen-bond acceptors (Lipinski definition) is 4. The van der Waals surface area contributed by atoms with E-state index in [2.05, 4.69) is 17.5 Å². The van der Waals surface area contributed by atoms with Crippen LogP contribution in [0.5, 0.6) is 0 Å². The summed E-state index contributed by atoms with van der Waals surface area (Å²) < 4.78 is 5.27. The number of aliphatic hydroxyl groups is 1. The first-order valence-electron chi connectivity index (χ1n) is 5.33.